The third-order valence-electron chi connectivity index (χ3n) is 7.46. The fourth-order valence-electron chi connectivity index (χ4n) is 5.54. The molecule has 3 heterocycles. The summed E-state index contributed by atoms with van der Waals surface area (Å²) < 4.78 is 5.73. The lowest BCUT2D eigenvalue weighted by Gasteiger charge is -2.25. The molecule has 3 atom stereocenters. The summed E-state index contributed by atoms with van der Waals surface area (Å²) in [5.41, 5.74) is 2.58. The van der Waals surface area contributed by atoms with Gasteiger partial charge in [0.1, 0.15) is 6.10 Å². The van der Waals surface area contributed by atoms with E-state index in [2.05, 4.69) is 54.8 Å². The number of likely N-dealkylation sites (tertiary alicyclic amines) is 1. The van der Waals surface area contributed by atoms with Gasteiger partial charge in [0.2, 0.25) is 0 Å². The molecule has 0 bridgehead atoms. The Morgan fingerprint density at radius 2 is 1.74 bits per heavy atom. The summed E-state index contributed by atoms with van der Waals surface area (Å²) in [4.78, 5) is 17.5. The van der Waals surface area contributed by atoms with Gasteiger partial charge in [0.15, 0.2) is 0 Å². The summed E-state index contributed by atoms with van der Waals surface area (Å²) in [6, 6.07) is 8.75. The van der Waals surface area contributed by atoms with Gasteiger partial charge in [-0.3, -0.25) is 4.79 Å². The van der Waals surface area contributed by atoms with Gasteiger partial charge in [-0.2, -0.15) is 0 Å². The molecular weight excluding hydrogens is 336 g/mol. The molecule has 4 nitrogen and oxygen atoms in total. The van der Waals surface area contributed by atoms with Gasteiger partial charge in [0.25, 0.3) is 0 Å². The molecule has 148 valence electrons. The maximum Gasteiger partial charge on any atom is 0.312 e. The van der Waals surface area contributed by atoms with Gasteiger partial charge in [-0.15, -0.1) is 0 Å². The van der Waals surface area contributed by atoms with E-state index in [9.17, 15) is 4.79 Å². The predicted molar refractivity (Wildman–Crippen MR) is 109 cm³/mol. The number of hydrogen-bond acceptors (Lipinski definition) is 4. The maximum absolute atomic E-state index is 12.3. The molecule has 0 aromatic heterocycles. The van der Waals surface area contributed by atoms with E-state index in [-0.39, 0.29) is 17.5 Å². The summed E-state index contributed by atoms with van der Waals surface area (Å²) in [5, 5.41) is 0. The van der Waals surface area contributed by atoms with Crippen LogP contribution in [0.15, 0.2) is 24.3 Å². The number of carbonyl (C=O) groups excluding carboxylic acids is 1. The second-order valence-corrected chi connectivity index (χ2v) is 8.98. The zero-order valence-corrected chi connectivity index (χ0v) is 17.1. The minimum atomic E-state index is -0.208. The second-order valence-electron chi connectivity index (χ2n) is 8.98. The van der Waals surface area contributed by atoms with E-state index in [1.165, 1.54) is 37.4 Å². The number of carbonyl (C=O) groups is 1. The highest BCUT2D eigenvalue weighted by molar-refractivity contribution is 5.78. The molecule has 0 spiro atoms. The summed E-state index contributed by atoms with van der Waals surface area (Å²) in [6.07, 6.45) is 3.85. The number of benzene rings is 1. The predicted octanol–water partition coefficient (Wildman–Crippen LogP) is 3.88. The van der Waals surface area contributed by atoms with Crippen molar-refractivity contribution in [1.29, 1.82) is 0 Å². The molecule has 0 N–H and O–H groups in total. The van der Waals surface area contributed by atoms with Gasteiger partial charge in [-0.1, -0.05) is 32.0 Å². The zero-order valence-electron chi connectivity index (χ0n) is 17.1. The Morgan fingerprint density at radius 3 is 2.33 bits per heavy atom. The van der Waals surface area contributed by atoms with Gasteiger partial charge < -0.3 is 14.5 Å². The summed E-state index contributed by atoms with van der Waals surface area (Å²) >= 11 is 0. The minimum absolute atomic E-state index is 0.0460. The van der Waals surface area contributed by atoms with E-state index < -0.39 is 0 Å². The van der Waals surface area contributed by atoms with Crippen LogP contribution < -0.4 is 4.90 Å². The molecule has 3 aliphatic rings. The quantitative estimate of drug-likeness (QED) is 0.712. The highest BCUT2D eigenvalue weighted by atomic mass is 16.6. The fraction of sp³-hybridized carbons (Fsp3) is 0.696. The number of esters is 1. The third-order valence-corrected chi connectivity index (χ3v) is 7.46. The van der Waals surface area contributed by atoms with Crippen LogP contribution in [0, 0.1) is 24.2 Å². The summed E-state index contributed by atoms with van der Waals surface area (Å²) in [5.74, 6) is 1.60. The van der Waals surface area contributed by atoms with Gasteiger partial charge in [0.05, 0.1) is 5.41 Å². The molecule has 1 aromatic carbocycles. The van der Waals surface area contributed by atoms with Crippen molar-refractivity contribution in [2.24, 2.45) is 17.3 Å². The first-order chi connectivity index (χ1) is 13.0. The van der Waals surface area contributed by atoms with E-state index in [1.807, 2.05) is 0 Å². The normalized spacial score (nSPS) is 30.0. The maximum atomic E-state index is 12.3. The Labute approximate surface area is 163 Å². The fourth-order valence-corrected chi connectivity index (χ4v) is 5.54. The lowest BCUT2D eigenvalue weighted by Crippen LogP contribution is -2.31. The highest BCUT2D eigenvalue weighted by Gasteiger charge is 2.46. The van der Waals surface area contributed by atoms with Crippen molar-refractivity contribution in [2.45, 2.75) is 52.6 Å². The zero-order chi connectivity index (χ0) is 19.0. The molecule has 0 aliphatic carbocycles. The number of cyclic esters (lactones) is 1. The van der Waals surface area contributed by atoms with Crippen LogP contribution in [-0.2, 0) is 9.53 Å². The molecule has 0 radical (unpaired) electrons. The topological polar surface area (TPSA) is 32.8 Å². The van der Waals surface area contributed by atoms with Crippen molar-refractivity contribution in [3.05, 3.63) is 29.8 Å². The smallest absolute Gasteiger partial charge is 0.312 e. The standard InChI is InChI=1S/C23H34N2O2/c1-4-23(5-2)12-20(27-22(23)26)10-11-24-13-18-15-25(16-19(18)14-24)21-9-7-6-8-17(21)3/h6-9,18-20H,4-5,10-16H2,1-3H3/t18?,19?,20-/m1/s1. The Hall–Kier alpha value is -1.55. The number of para-hydroxylation sites is 1. The molecule has 0 amide bonds. The monoisotopic (exact) mass is 370 g/mol. The van der Waals surface area contributed by atoms with E-state index in [0.717, 1.165) is 44.1 Å². The van der Waals surface area contributed by atoms with Gasteiger partial charge >= 0.3 is 5.97 Å². The van der Waals surface area contributed by atoms with E-state index >= 15 is 0 Å². The van der Waals surface area contributed by atoms with Crippen molar-refractivity contribution in [3.63, 3.8) is 0 Å². The van der Waals surface area contributed by atoms with Gasteiger partial charge in [-0.25, -0.2) is 0 Å². The molecule has 4 rings (SSSR count). The van der Waals surface area contributed by atoms with Crippen molar-refractivity contribution in [3.8, 4) is 0 Å². The van der Waals surface area contributed by atoms with Crippen LogP contribution in [0.3, 0.4) is 0 Å². The number of nitrogens with zero attached hydrogens (tertiary/aromatic N) is 2. The number of ether oxygens (including phenoxy) is 1. The number of anilines is 1. The Kier molecular flexibility index (Phi) is 5.19. The van der Waals surface area contributed by atoms with Crippen molar-refractivity contribution < 1.29 is 9.53 Å². The first-order valence-electron chi connectivity index (χ1n) is 10.8. The number of fused-ring (bicyclic) bond motifs is 1. The van der Waals surface area contributed by atoms with Crippen molar-refractivity contribution in [1.82, 2.24) is 4.90 Å². The molecule has 3 saturated heterocycles. The van der Waals surface area contributed by atoms with Crippen LogP contribution in [0.4, 0.5) is 5.69 Å². The first-order valence-corrected chi connectivity index (χ1v) is 10.8. The van der Waals surface area contributed by atoms with E-state index in [0.29, 0.717) is 0 Å². The second kappa shape index (κ2) is 7.46. The molecule has 0 saturated carbocycles. The number of aryl methyl sites for hydroxylation is 1. The van der Waals surface area contributed by atoms with Crippen LogP contribution >= 0.6 is 0 Å². The van der Waals surface area contributed by atoms with E-state index in [4.69, 9.17) is 4.74 Å². The molecule has 3 fully saturated rings. The summed E-state index contributed by atoms with van der Waals surface area (Å²) in [7, 11) is 0. The van der Waals surface area contributed by atoms with Crippen molar-refractivity contribution >= 4 is 11.7 Å². The Morgan fingerprint density at radius 1 is 1.07 bits per heavy atom. The minimum Gasteiger partial charge on any atom is -0.462 e. The largest absolute Gasteiger partial charge is 0.462 e. The molecular formula is C23H34N2O2. The van der Waals surface area contributed by atoms with Crippen molar-refractivity contribution in [2.75, 3.05) is 37.6 Å². The highest BCUT2D eigenvalue weighted by Crippen LogP contribution is 2.41. The molecule has 3 aliphatic heterocycles. The summed E-state index contributed by atoms with van der Waals surface area (Å²) in [6.45, 7) is 12.3. The van der Waals surface area contributed by atoms with Crippen LogP contribution in [0.5, 0.6) is 0 Å². The Bertz CT molecular complexity index is 671. The molecule has 27 heavy (non-hydrogen) atoms. The first kappa shape index (κ1) is 18.8. The van der Waals surface area contributed by atoms with Crippen LogP contribution in [0.1, 0.15) is 45.1 Å². The average molecular weight is 371 g/mol. The van der Waals surface area contributed by atoms with Gasteiger partial charge in [-0.05, 0) is 49.7 Å². The lowest BCUT2D eigenvalue weighted by molar-refractivity contribution is -0.149. The number of hydrogen-bond donors (Lipinski definition) is 0. The van der Waals surface area contributed by atoms with Crippen LogP contribution in [0.25, 0.3) is 0 Å². The molecule has 1 aromatic rings. The van der Waals surface area contributed by atoms with Crippen LogP contribution in [0.2, 0.25) is 0 Å². The SMILES string of the molecule is CCC1(CC)C[C@@H](CCN2CC3CN(c4ccccc4C)CC3C2)OC1=O. The lowest BCUT2D eigenvalue weighted by atomic mass is 9.79. The van der Waals surface area contributed by atoms with E-state index in [1.54, 1.807) is 0 Å². The van der Waals surface area contributed by atoms with Crippen LogP contribution in [-0.4, -0.2) is 49.7 Å². The molecule has 4 heteroatoms. The Balaban J connectivity index is 1.27. The number of rotatable bonds is 6. The van der Waals surface area contributed by atoms with Gasteiger partial charge in [0, 0.05) is 44.8 Å². The average Bonchev–Trinajstić information content (AvgIpc) is 3.31. The third kappa shape index (κ3) is 3.49. The molecule has 2 unspecified atom stereocenters.